The SMILES string of the molecule is Cc1cc(F)cc(NC2(C#N)C3CC4CC(C3)CC2C4)c1. The van der Waals surface area contributed by atoms with Crippen LogP contribution in [0.4, 0.5) is 10.1 Å². The first-order valence-corrected chi connectivity index (χ1v) is 8.05. The number of halogens is 1. The van der Waals surface area contributed by atoms with Crippen molar-refractivity contribution < 1.29 is 4.39 Å². The zero-order valence-corrected chi connectivity index (χ0v) is 12.4. The highest BCUT2D eigenvalue weighted by Crippen LogP contribution is 2.58. The van der Waals surface area contributed by atoms with Crippen LogP contribution < -0.4 is 5.32 Å². The number of benzene rings is 1. The van der Waals surface area contributed by atoms with E-state index in [1.54, 1.807) is 0 Å². The number of nitriles is 1. The molecule has 1 aromatic carbocycles. The van der Waals surface area contributed by atoms with E-state index in [1.807, 2.05) is 13.0 Å². The monoisotopic (exact) mass is 284 g/mol. The summed E-state index contributed by atoms with van der Waals surface area (Å²) >= 11 is 0. The van der Waals surface area contributed by atoms with Gasteiger partial charge in [0, 0.05) is 5.69 Å². The van der Waals surface area contributed by atoms with Crippen LogP contribution in [0.3, 0.4) is 0 Å². The van der Waals surface area contributed by atoms with Gasteiger partial charge in [0.1, 0.15) is 11.4 Å². The van der Waals surface area contributed by atoms with Gasteiger partial charge in [-0.05, 0) is 86.5 Å². The van der Waals surface area contributed by atoms with Gasteiger partial charge in [-0.1, -0.05) is 0 Å². The minimum absolute atomic E-state index is 0.227. The van der Waals surface area contributed by atoms with E-state index in [2.05, 4.69) is 11.4 Å². The van der Waals surface area contributed by atoms with Crippen LogP contribution in [-0.4, -0.2) is 5.54 Å². The molecule has 0 amide bonds. The van der Waals surface area contributed by atoms with E-state index in [4.69, 9.17) is 0 Å². The Balaban J connectivity index is 1.69. The third-order valence-corrected chi connectivity index (χ3v) is 6.00. The fraction of sp³-hybridized carbons (Fsp3) is 0.611. The molecule has 21 heavy (non-hydrogen) atoms. The summed E-state index contributed by atoms with van der Waals surface area (Å²) in [5, 5.41) is 13.4. The molecule has 4 fully saturated rings. The molecule has 1 aromatic rings. The average molecular weight is 284 g/mol. The molecule has 0 atom stereocenters. The van der Waals surface area contributed by atoms with E-state index in [9.17, 15) is 9.65 Å². The molecule has 110 valence electrons. The average Bonchev–Trinajstić information content (AvgIpc) is 2.41. The molecule has 4 aliphatic rings. The number of aryl methyl sites for hydroxylation is 1. The lowest BCUT2D eigenvalue weighted by Gasteiger charge is -2.58. The van der Waals surface area contributed by atoms with Crippen molar-refractivity contribution in [2.75, 3.05) is 5.32 Å². The van der Waals surface area contributed by atoms with Crippen LogP contribution in [0, 0.1) is 47.7 Å². The molecule has 4 aliphatic carbocycles. The molecule has 3 heteroatoms. The Morgan fingerprint density at radius 2 is 1.71 bits per heavy atom. The topological polar surface area (TPSA) is 35.8 Å². The van der Waals surface area contributed by atoms with Crippen LogP contribution >= 0.6 is 0 Å². The van der Waals surface area contributed by atoms with Crippen LogP contribution in [0.15, 0.2) is 18.2 Å². The summed E-state index contributed by atoms with van der Waals surface area (Å²) in [6.07, 6.45) is 6.04. The number of anilines is 1. The normalized spacial score (nSPS) is 40.0. The molecule has 0 heterocycles. The Hall–Kier alpha value is -1.56. The predicted octanol–water partition coefficient (Wildman–Crippen LogP) is 4.26. The second-order valence-electron chi connectivity index (χ2n) is 7.43. The van der Waals surface area contributed by atoms with Crippen molar-refractivity contribution >= 4 is 5.69 Å². The van der Waals surface area contributed by atoms with Crippen molar-refractivity contribution in [3.8, 4) is 6.07 Å². The molecule has 0 radical (unpaired) electrons. The summed E-state index contributed by atoms with van der Waals surface area (Å²) in [5.74, 6) is 2.29. The summed E-state index contributed by atoms with van der Waals surface area (Å²) < 4.78 is 13.6. The molecular formula is C18H21FN2. The Morgan fingerprint density at radius 3 is 2.24 bits per heavy atom. The standard InChI is InChI=1S/C18H21FN2/c1-11-2-16(19)9-17(3-11)21-18(10-20)14-5-12-4-13(7-14)8-15(18)6-12/h2-3,9,12-15,21H,4-8H2,1H3. The van der Waals surface area contributed by atoms with Crippen LogP contribution in [0.2, 0.25) is 0 Å². The van der Waals surface area contributed by atoms with E-state index in [0.29, 0.717) is 11.8 Å². The van der Waals surface area contributed by atoms with E-state index < -0.39 is 5.54 Å². The maximum Gasteiger partial charge on any atom is 0.131 e. The molecule has 5 rings (SSSR count). The number of rotatable bonds is 2. The lowest BCUT2D eigenvalue weighted by Crippen LogP contribution is -2.61. The molecule has 0 spiro atoms. The molecule has 0 unspecified atom stereocenters. The first-order valence-electron chi connectivity index (χ1n) is 8.05. The largest absolute Gasteiger partial charge is 0.367 e. The Morgan fingerprint density at radius 1 is 1.10 bits per heavy atom. The van der Waals surface area contributed by atoms with Crippen LogP contribution in [0.1, 0.15) is 37.7 Å². The lowest BCUT2D eigenvalue weighted by atomic mass is 9.49. The Labute approximate surface area is 125 Å². The lowest BCUT2D eigenvalue weighted by molar-refractivity contribution is -0.0206. The van der Waals surface area contributed by atoms with Gasteiger partial charge in [0.2, 0.25) is 0 Å². The zero-order valence-electron chi connectivity index (χ0n) is 12.4. The van der Waals surface area contributed by atoms with Crippen molar-refractivity contribution in [3.05, 3.63) is 29.6 Å². The van der Waals surface area contributed by atoms with Gasteiger partial charge in [-0.2, -0.15) is 5.26 Å². The van der Waals surface area contributed by atoms with E-state index >= 15 is 0 Å². The number of nitrogens with one attached hydrogen (secondary N) is 1. The maximum atomic E-state index is 13.6. The molecule has 1 N–H and O–H groups in total. The minimum atomic E-state index is -0.479. The van der Waals surface area contributed by atoms with Gasteiger partial charge in [-0.25, -0.2) is 4.39 Å². The van der Waals surface area contributed by atoms with Gasteiger partial charge >= 0.3 is 0 Å². The highest BCUT2D eigenvalue weighted by Gasteiger charge is 2.57. The van der Waals surface area contributed by atoms with Gasteiger partial charge < -0.3 is 5.32 Å². The quantitative estimate of drug-likeness (QED) is 0.880. The van der Waals surface area contributed by atoms with E-state index in [0.717, 1.165) is 23.1 Å². The summed E-state index contributed by atoms with van der Waals surface area (Å²) in [6.45, 7) is 1.89. The molecule has 0 aliphatic heterocycles. The van der Waals surface area contributed by atoms with E-state index in [-0.39, 0.29) is 5.82 Å². The highest BCUT2D eigenvalue weighted by molar-refractivity contribution is 5.51. The van der Waals surface area contributed by atoms with Crippen molar-refractivity contribution in [1.29, 1.82) is 5.26 Å². The van der Waals surface area contributed by atoms with Gasteiger partial charge in [0.25, 0.3) is 0 Å². The first-order chi connectivity index (χ1) is 10.1. The summed E-state index contributed by atoms with van der Waals surface area (Å²) in [6, 6.07) is 7.62. The predicted molar refractivity (Wildman–Crippen MR) is 80.1 cm³/mol. The molecule has 0 saturated heterocycles. The molecule has 2 nitrogen and oxygen atoms in total. The fourth-order valence-corrected chi connectivity index (χ4v) is 5.39. The number of hydrogen-bond donors (Lipinski definition) is 1. The molecule has 4 saturated carbocycles. The second-order valence-corrected chi connectivity index (χ2v) is 7.43. The first kappa shape index (κ1) is 13.1. The second kappa shape index (κ2) is 4.47. The fourth-order valence-electron chi connectivity index (χ4n) is 5.39. The zero-order chi connectivity index (χ0) is 14.6. The number of nitrogens with zero attached hydrogens (tertiary/aromatic N) is 1. The summed E-state index contributed by atoms with van der Waals surface area (Å²) in [4.78, 5) is 0. The van der Waals surface area contributed by atoms with Crippen molar-refractivity contribution in [2.45, 2.75) is 44.6 Å². The third kappa shape index (κ3) is 1.96. The summed E-state index contributed by atoms with van der Waals surface area (Å²) in [7, 11) is 0. The Bertz CT molecular complexity index is 568. The van der Waals surface area contributed by atoms with Crippen molar-refractivity contribution in [1.82, 2.24) is 0 Å². The third-order valence-electron chi connectivity index (χ3n) is 6.00. The minimum Gasteiger partial charge on any atom is -0.367 e. The summed E-state index contributed by atoms with van der Waals surface area (Å²) in [5.41, 5.74) is 1.18. The van der Waals surface area contributed by atoms with Gasteiger partial charge in [-0.3, -0.25) is 0 Å². The van der Waals surface area contributed by atoms with Gasteiger partial charge in [0.15, 0.2) is 0 Å². The molecule has 0 aromatic heterocycles. The van der Waals surface area contributed by atoms with E-state index in [1.165, 1.54) is 44.2 Å². The van der Waals surface area contributed by atoms with Crippen LogP contribution in [0.25, 0.3) is 0 Å². The smallest absolute Gasteiger partial charge is 0.131 e. The van der Waals surface area contributed by atoms with Crippen molar-refractivity contribution in [3.63, 3.8) is 0 Å². The number of hydrogen-bond acceptors (Lipinski definition) is 2. The van der Waals surface area contributed by atoms with Gasteiger partial charge in [-0.15, -0.1) is 0 Å². The maximum absolute atomic E-state index is 13.6. The molecular weight excluding hydrogens is 263 g/mol. The highest BCUT2D eigenvalue weighted by atomic mass is 19.1. The van der Waals surface area contributed by atoms with Crippen LogP contribution in [-0.2, 0) is 0 Å². The van der Waals surface area contributed by atoms with Gasteiger partial charge in [0.05, 0.1) is 6.07 Å². The van der Waals surface area contributed by atoms with Crippen molar-refractivity contribution in [2.24, 2.45) is 23.7 Å². The Kier molecular flexibility index (Phi) is 2.79. The van der Waals surface area contributed by atoms with Crippen LogP contribution in [0.5, 0.6) is 0 Å². The molecule has 4 bridgehead atoms.